The zero-order valence-electron chi connectivity index (χ0n) is 10.1. The Labute approximate surface area is 95.6 Å². The standard InChI is InChI=1S/C11H19NO4/c1-11(2,9-10(13)16-3)7-5-4-6-8-12(14)15/h5,7H,4,6,8-9H2,1-3H3/b7-5+. The van der Waals surface area contributed by atoms with Crippen molar-refractivity contribution in [3.63, 3.8) is 0 Å². The molecule has 0 spiro atoms. The third-order valence-electron chi connectivity index (χ3n) is 2.11. The lowest BCUT2D eigenvalue weighted by molar-refractivity contribution is -0.480. The van der Waals surface area contributed by atoms with Gasteiger partial charge in [0.15, 0.2) is 0 Å². The fraction of sp³-hybridized carbons (Fsp3) is 0.727. The Morgan fingerprint density at radius 3 is 2.62 bits per heavy atom. The number of methoxy groups -OCH3 is 1. The molecular formula is C11H19NO4. The number of nitro groups is 1. The predicted octanol–water partition coefficient (Wildman–Crippen LogP) is 2.19. The van der Waals surface area contributed by atoms with Crippen molar-refractivity contribution in [3.8, 4) is 0 Å². The number of allylic oxidation sites excluding steroid dienone is 2. The molecule has 5 heteroatoms. The summed E-state index contributed by atoms with van der Waals surface area (Å²) in [7, 11) is 1.36. The monoisotopic (exact) mass is 229 g/mol. The summed E-state index contributed by atoms with van der Waals surface area (Å²) in [6.45, 7) is 3.84. The molecule has 0 aromatic carbocycles. The first kappa shape index (κ1) is 14.6. The maximum Gasteiger partial charge on any atom is 0.306 e. The van der Waals surface area contributed by atoms with Crippen molar-refractivity contribution >= 4 is 5.97 Å². The predicted molar refractivity (Wildman–Crippen MR) is 60.6 cm³/mol. The van der Waals surface area contributed by atoms with E-state index in [2.05, 4.69) is 4.74 Å². The smallest absolute Gasteiger partial charge is 0.306 e. The number of esters is 1. The highest BCUT2D eigenvalue weighted by Gasteiger charge is 2.18. The molecule has 0 N–H and O–H groups in total. The Balaban J connectivity index is 3.91. The van der Waals surface area contributed by atoms with Gasteiger partial charge in [-0.3, -0.25) is 14.9 Å². The summed E-state index contributed by atoms with van der Waals surface area (Å²) in [4.78, 5) is 20.8. The molecule has 0 saturated carbocycles. The van der Waals surface area contributed by atoms with Crippen LogP contribution in [-0.4, -0.2) is 24.5 Å². The summed E-state index contributed by atoms with van der Waals surface area (Å²) < 4.78 is 4.58. The van der Waals surface area contributed by atoms with Gasteiger partial charge in [0.05, 0.1) is 13.5 Å². The van der Waals surface area contributed by atoms with Gasteiger partial charge in [-0.05, 0) is 11.8 Å². The van der Waals surface area contributed by atoms with Crippen LogP contribution < -0.4 is 0 Å². The lowest BCUT2D eigenvalue weighted by Crippen LogP contribution is -2.15. The minimum atomic E-state index is -0.326. The summed E-state index contributed by atoms with van der Waals surface area (Å²) in [5.41, 5.74) is -0.262. The van der Waals surface area contributed by atoms with Gasteiger partial charge in [-0.2, -0.15) is 0 Å². The van der Waals surface area contributed by atoms with Crippen LogP contribution in [0.25, 0.3) is 0 Å². The van der Waals surface area contributed by atoms with E-state index in [9.17, 15) is 14.9 Å². The molecule has 92 valence electrons. The van der Waals surface area contributed by atoms with Gasteiger partial charge in [-0.25, -0.2) is 0 Å². The van der Waals surface area contributed by atoms with Crippen LogP contribution in [0.4, 0.5) is 0 Å². The number of unbranched alkanes of at least 4 members (excludes halogenated alkanes) is 1. The normalized spacial score (nSPS) is 11.7. The van der Waals surface area contributed by atoms with Crippen molar-refractivity contribution in [3.05, 3.63) is 22.3 Å². The molecular weight excluding hydrogens is 210 g/mol. The second-order valence-electron chi connectivity index (χ2n) is 4.34. The maximum absolute atomic E-state index is 11.1. The molecule has 0 unspecified atom stereocenters. The Morgan fingerprint density at radius 1 is 1.50 bits per heavy atom. The summed E-state index contributed by atoms with van der Waals surface area (Å²) in [6.07, 6.45) is 5.29. The van der Waals surface area contributed by atoms with Crippen LogP contribution >= 0.6 is 0 Å². The number of ether oxygens (including phenoxy) is 1. The molecule has 0 aliphatic carbocycles. The van der Waals surface area contributed by atoms with Crippen LogP contribution in [0, 0.1) is 15.5 Å². The van der Waals surface area contributed by atoms with Crippen molar-refractivity contribution in [1.82, 2.24) is 0 Å². The third-order valence-corrected chi connectivity index (χ3v) is 2.11. The van der Waals surface area contributed by atoms with Crippen molar-refractivity contribution in [2.45, 2.75) is 33.1 Å². The molecule has 0 aromatic rings. The van der Waals surface area contributed by atoms with Gasteiger partial charge in [0.25, 0.3) is 0 Å². The zero-order chi connectivity index (χ0) is 12.6. The quantitative estimate of drug-likeness (QED) is 0.220. The lowest BCUT2D eigenvalue weighted by atomic mass is 9.88. The molecule has 0 aromatic heterocycles. The Bertz CT molecular complexity index is 271. The summed E-state index contributed by atoms with van der Waals surface area (Å²) in [6, 6.07) is 0. The van der Waals surface area contributed by atoms with Crippen LogP contribution in [0.3, 0.4) is 0 Å². The molecule has 0 radical (unpaired) electrons. The van der Waals surface area contributed by atoms with E-state index in [-0.39, 0.29) is 22.9 Å². The third kappa shape index (κ3) is 7.96. The molecule has 0 rings (SSSR count). The van der Waals surface area contributed by atoms with Gasteiger partial charge in [0.2, 0.25) is 6.54 Å². The Morgan fingerprint density at radius 2 is 2.12 bits per heavy atom. The minimum Gasteiger partial charge on any atom is -0.469 e. The van der Waals surface area contributed by atoms with Gasteiger partial charge in [-0.15, -0.1) is 0 Å². The Kier molecular flexibility index (Phi) is 6.37. The van der Waals surface area contributed by atoms with Crippen LogP contribution in [-0.2, 0) is 9.53 Å². The molecule has 0 bridgehead atoms. The molecule has 0 aliphatic heterocycles. The van der Waals surface area contributed by atoms with E-state index < -0.39 is 0 Å². The van der Waals surface area contributed by atoms with Crippen molar-refractivity contribution in [2.24, 2.45) is 5.41 Å². The van der Waals surface area contributed by atoms with E-state index in [1.807, 2.05) is 26.0 Å². The topological polar surface area (TPSA) is 69.4 Å². The van der Waals surface area contributed by atoms with E-state index in [1.54, 1.807) is 0 Å². The SMILES string of the molecule is COC(=O)CC(C)(C)/C=C/CCC[N+](=O)[O-]. The van der Waals surface area contributed by atoms with Gasteiger partial charge in [0, 0.05) is 11.3 Å². The van der Waals surface area contributed by atoms with E-state index in [0.29, 0.717) is 19.3 Å². The number of nitrogens with zero attached hydrogens (tertiary/aromatic N) is 1. The van der Waals surface area contributed by atoms with Crippen molar-refractivity contribution in [2.75, 3.05) is 13.7 Å². The van der Waals surface area contributed by atoms with Crippen LogP contribution in [0.2, 0.25) is 0 Å². The largest absolute Gasteiger partial charge is 0.469 e. The molecule has 0 saturated heterocycles. The summed E-state index contributed by atoms with van der Waals surface area (Å²) >= 11 is 0. The Hall–Kier alpha value is -1.39. The number of carbonyl (C=O) groups is 1. The molecule has 0 atom stereocenters. The fourth-order valence-electron chi connectivity index (χ4n) is 1.24. The number of rotatable bonds is 7. The average Bonchev–Trinajstić information content (AvgIpc) is 2.15. The van der Waals surface area contributed by atoms with E-state index >= 15 is 0 Å². The zero-order valence-corrected chi connectivity index (χ0v) is 10.1. The highest BCUT2D eigenvalue weighted by atomic mass is 16.6. The van der Waals surface area contributed by atoms with Crippen LogP contribution in [0.1, 0.15) is 33.1 Å². The molecule has 0 amide bonds. The van der Waals surface area contributed by atoms with Crippen molar-refractivity contribution < 1.29 is 14.5 Å². The highest BCUT2D eigenvalue weighted by molar-refractivity contribution is 5.70. The van der Waals surface area contributed by atoms with Gasteiger partial charge >= 0.3 is 5.97 Å². The van der Waals surface area contributed by atoms with E-state index in [0.717, 1.165) is 0 Å². The molecule has 5 nitrogen and oxygen atoms in total. The first-order chi connectivity index (χ1) is 7.37. The number of hydrogen-bond donors (Lipinski definition) is 0. The molecule has 0 aliphatic rings. The summed E-state index contributed by atoms with van der Waals surface area (Å²) in [5, 5.41) is 10.1. The number of carbonyl (C=O) groups excluding carboxylic acids is 1. The minimum absolute atomic E-state index is 0.0121. The first-order valence-electron chi connectivity index (χ1n) is 5.24. The maximum atomic E-state index is 11.1. The van der Waals surface area contributed by atoms with Crippen molar-refractivity contribution in [1.29, 1.82) is 0 Å². The fourth-order valence-corrected chi connectivity index (χ4v) is 1.24. The first-order valence-corrected chi connectivity index (χ1v) is 5.24. The molecule has 0 heterocycles. The molecule has 0 fully saturated rings. The van der Waals surface area contributed by atoms with E-state index in [4.69, 9.17) is 0 Å². The van der Waals surface area contributed by atoms with Gasteiger partial charge < -0.3 is 4.74 Å². The second-order valence-corrected chi connectivity index (χ2v) is 4.34. The van der Waals surface area contributed by atoms with Gasteiger partial charge in [-0.1, -0.05) is 26.0 Å². The summed E-state index contributed by atoms with van der Waals surface area (Å²) in [5.74, 6) is -0.250. The number of hydrogen-bond acceptors (Lipinski definition) is 4. The highest BCUT2D eigenvalue weighted by Crippen LogP contribution is 2.22. The van der Waals surface area contributed by atoms with Crippen LogP contribution in [0.5, 0.6) is 0 Å². The average molecular weight is 229 g/mol. The van der Waals surface area contributed by atoms with Gasteiger partial charge in [0.1, 0.15) is 0 Å². The lowest BCUT2D eigenvalue weighted by Gasteiger charge is -2.17. The van der Waals surface area contributed by atoms with E-state index in [1.165, 1.54) is 7.11 Å². The molecule has 16 heavy (non-hydrogen) atoms. The second kappa shape index (κ2) is 6.98. The van der Waals surface area contributed by atoms with Crippen LogP contribution in [0.15, 0.2) is 12.2 Å².